The van der Waals surface area contributed by atoms with Gasteiger partial charge in [-0.3, -0.25) is 4.79 Å². The third kappa shape index (κ3) is 6.74. The van der Waals surface area contributed by atoms with Crippen LogP contribution < -0.4 is 0 Å². The maximum Gasteiger partial charge on any atom is 0.253 e. The maximum atomic E-state index is 10.6. The molecule has 0 unspecified atom stereocenters. The Hall–Kier alpha value is 0.650. The van der Waals surface area contributed by atoms with E-state index in [2.05, 4.69) is 21.4 Å². The summed E-state index contributed by atoms with van der Waals surface area (Å²) in [5.74, 6) is 0. The second-order valence-electron chi connectivity index (χ2n) is 2.06. The van der Waals surface area contributed by atoms with Gasteiger partial charge in [0, 0.05) is 0 Å². The highest BCUT2D eigenvalue weighted by Gasteiger charge is 2.08. The van der Waals surface area contributed by atoms with Gasteiger partial charge in [0.1, 0.15) is 0 Å². The third-order valence-electron chi connectivity index (χ3n) is 1.16. The Morgan fingerprint density at radius 2 is 1.73 bits per heavy atom. The fourth-order valence-electron chi connectivity index (χ4n) is 0.656. The van der Waals surface area contributed by atoms with Crippen molar-refractivity contribution in [1.29, 1.82) is 0 Å². The first-order valence-corrected chi connectivity index (χ1v) is 7.18. The quantitative estimate of drug-likeness (QED) is 0.566. The summed E-state index contributed by atoms with van der Waals surface area (Å²) in [5.41, 5.74) is 0.237. The third-order valence-corrected chi connectivity index (χ3v) is 2.19. The Labute approximate surface area is 114 Å². The zero-order valence-corrected chi connectivity index (χ0v) is 11.4. The topological polar surface area (TPSA) is 40.1 Å². The molecule has 0 aliphatic carbocycles. The summed E-state index contributed by atoms with van der Waals surface area (Å²) >= 11 is 16.5. The molecule has 2 nitrogen and oxygen atoms in total. The number of hydrogen-bond acceptors (Lipinski definition) is 2. The molecule has 0 saturated heterocycles. The van der Waals surface area contributed by atoms with E-state index in [1.54, 1.807) is 12.1 Å². The van der Waals surface area contributed by atoms with Gasteiger partial charge in [-0.15, -0.1) is 0 Å². The van der Waals surface area contributed by atoms with E-state index in [0.717, 1.165) is 0 Å². The molecule has 15 heavy (non-hydrogen) atoms. The second kappa shape index (κ2) is 7.85. The van der Waals surface area contributed by atoms with Crippen LogP contribution in [0.1, 0.15) is 10.4 Å². The number of benzene rings is 1. The molecule has 0 aliphatic heterocycles. The molecule has 0 spiro atoms. The fraction of sp³-hybridized carbons (Fsp3) is 0. The summed E-state index contributed by atoms with van der Waals surface area (Å²) < 4.78 is 9.09. The van der Waals surface area contributed by atoms with Gasteiger partial charge in [-0.1, -0.05) is 29.3 Å². The van der Waals surface area contributed by atoms with Gasteiger partial charge in [0.25, 0.3) is 5.24 Å². The van der Waals surface area contributed by atoms with Crippen LogP contribution in [0.25, 0.3) is 0 Å². The van der Waals surface area contributed by atoms with Crippen molar-refractivity contribution in [3.05, 3.63) is 33.8 Å². The SMILES string of the molecule is O=C(Cl)c1cccc(Cl)c1Cl.[O-][S+](Cl)Cl. The largest absolute Gasteiger partial charge is 0.582 e. The van der Waals surface area contributed by atoms with Crippen LogP contribution in [0.3, 0.4) is 0 Å². The van der Waals surface area contributed by atoms with E-state index in [-0.39, 0.29) is 10.6 Å². The standard InChI is InChI=1S/C7H3Cl3O.Cl2OS/c8-5-3-1-2-4(6(5)9)7(10)11;1-4(2)3/h1-3H;. The molecule has 0 atom stereocenters. The monoisotopic (exact) mass is 326 g/mol. The summed E-state index contributed by atoms with van der Waals surface area (Å²) in [4.78, 5) is 10.6. The van der Waals surface area contributed by atoms with E-state index in [4.69, 9.17) is 39.4 Å². The highest BCUT2D eigenvalue weighted by molar-refractivity contribution is 8.31. The van der Waals surface area contributed by atoms with Crippen molar-refractivity contribution in [2.24, 2.45) is 0 Å². The van der Waals surface area contributed by atoms with Gasteiger partial charge in [-0.05, 0) is 23.7 Å². The van der Waals surface area contributed by atoms with Gasteiger partial charge >= 0.3 is 0 Å². The Kier molecular flexibility index (Phi) is 8.19. The molecule has 0 aliphatic rings. The minimum atomic E-state index is -1.67. The summed E-state index contributed by atoms with van der Waals surface area (Å²) in [7, 11) is 7.36. The fourth-order valence-corrected chi connectivity index (χ4v) is 1.25. The van der Waals surface area contributed by atoms with Gasteiger partial charge < -0.3 is 4.55 Å². The first kappa shape index (κ1) is 15.7. The normalized spacial score (nSPS) is 9.53. The van der Waals surface area contributed by atoms with Crippen molar-refractivity contribution < 1.29 is 9.35 Å². The lowest BCUT2D eigenvalue weighted by Crippen LogP contribution is -1.89. The average Bonchev–Trinajstić information content (AvgIpc) is 2.08. The molecule has 0 saturated carbocycles. The number of hydrogen-bond donors (Lipinski definition) is 0. The van der Waals surface area contributed by atoms with Crippen molar-refractivity contribution >= 4 is 71.0 Å². The molecule has 0 radical (unpaired) electrons. The predicted octanol–water partition coefficient (Wildman–Crippen LogP) is 4.42. The van der Waals surface area contributed by atoms with E-state index >= 15 is 0 Å². The highest BCUT2D eigenvalue weighted by atomic mass is 36.0. The zero-order chi connectivity index (χ0) is 12.0. The lowest BCUT2D eigenvalue weighted by molar-refractivity contribution is 0.108. The van der Waals surface area contributed by atoms with Crippen molar-refractivity contribution in [2.45, 2.75) is 0 Å². The van der Waals surface area contributed by atoms with Crippen LogP contribution in [-0.2, 0) is 9.60 Å². The minimum Gasteiger partial charge on any atom is -0.582 e. The Morgan fingerprint density at radius 1 is 1.27 bits per heavy atom. The molecule has 1 aromatic rings. The van der Waals surface area contributed by atoms with Gasteiger partial charge in [0.2, 0.25) is 0 Å². The molecule has 84 valence electrons. The summed E-state index contributed by atoms with van der Waals surface area (Å²) in [6, 6.07) is 4.72. The summed E-state index contributed by atoms with van der Waals surface area (Å²) in [6.45, 7) is 0. The highest BCUT2D eigenvalue weighted by Crippen LogP contribution is 2.26. The van der Waals surface area contributed by atoms with Gasteiger partial charge in [0.05, 0.1) is 15.6 Å². The van der Waals surface area contributed by atoms with E-state index in [9.17, 15) is 4.79 Å². The smallest absolute Gasteiger partial charge is 0.253 e. The van der Waals surface area contributed by atoms with Crippen LogP contribution in [0.15, 0.2) is 18.2 Å². The maximum absolute atomic E-state index is 10.6. The van der Waals surface area contributed by atoms with E-state index in [1.165, 1.54) is 6.07 Å². The Balaban J connectivity index is 0.000000423. The van der Waals surface area contributed by atoms with Crippen molar-refractivity contribution in [2.75, 3.05) is 0 Å². The molecule has 8 heteroatoms. The van der Waals surface area contributed by atoms with E-state index < -0.39 is 14.8 Å². The average molecular weight is 328 g/mol. The molecule has 1 rings (SSSR count). The van der Waals surface area contributed by atoms with Crippen LogP contribution in [0.4, 0.5) is 0 Å². The summed E-state index contributed by atoms with van der Waals surface area (Å²) in [5, 5.41) is -0.0650. The van der Waals surface area contributed by atoms with E-state index in [0.29, 0.717) is 5.02 Å². The van der Waals surface area contributed by atoms with Crippen molar-refractivity contribution in [3.8, 4) is 0 Å². The molecular formula is C7H3Cl5O2S. The lowest BCUT2D eigenvalue weighted by Gasteiger charge is -1.98. The molecule has 0 aromatic heterocycles. The molecular weight excluding hydrogens is 325 g/mol. The zero-order valence-electron chi connectivity index (χ0n) is 6.85. The van der Waals surface area contributed by atoms with Crippen LogP contribution in [0, 0.1) is 0 Å². The summed E-state index contributed by atoms with van der Waals surface area (Å²) in [6.07, 6.45) is 0. The molecule has 0 N–H and O–H groups in total. The predicted molar refractivity (Wildman–Crippen MR) is 66.5 cm³/mol. The Bertz CT molecular complexity index is 341. The number of rotatable bonds is 1. The first-order valence-electron chi connectivity index (χ1n) is 3.24. The molecule has 0 fully saturated rings. The van der Waals surface area contributed by atoms with Crippen molar-refractivity contribution in [1.82, 2.24) is 0 Å². The van der Waals surface area contributed by atoms with Gasteiger partial charge in [-0.25, -0.2) is 0 Å². The van der Waals surface area contributed by atoms with Gasteiger partial charge in [-0.2, -0.15) is 0 Å². The number of carbonyl (C=O) groups excluding carboxylic acids is 1. The van der Waals surface area contributed by atoms with Crippen molar-refractivity contribution in [3.63, 3.8) is 0 Å². The second-order valence-corrected chi connectivity index (χ2v) is 5.71. The Morgan fingerprint density at radius 3 is 2.07 bits per heavy atom. The van der Waals surface area contributed by atoms with Crippen LogP contribution in [0.2, 0.25) is 10.0 Å². The minimum absolute atomic E-state index is 0.203. The van der Waals surface area contributed by atoms with E-state index in [1.807, 2.05) is 0 Å². The number of carbonyl (C=O) groups is 1. The van der Waals surface area contributed by atoms with Crippen LogP contribution in [0.5, 0.6) is 0 Å². The molecule has 0 heterocycles. The number of halogens is 5. The molecule has 0 amide bonds. The van der Waals surface area contributed by atoms with Crippen LogP contribution >= 0.6 is 56.2 Å². The lowest BCUT2D eigenvalue weighted by atomic mass is 10.2. The first-order chi connectivity index (χ1) is 6.86. The molecule has 1 aromatic carbocycles. The van der Waals surface area contributed by atoms with Crippen LogP contribution in [-0.4, -0.2) is 9.80 Å². The van der Waals surface area contributed by atoms with Gasteiger partial charge in [0.15, 0.2) is 31.0 Å². The molecule has 0 bridgehead atoms.